The summed E-state index contributed by atoms with van der Waals surface area (Å²) in [6, 6.07) is 1.69. The fourth-order valence-corrected chi connectivity index (χ4v) is 2.64. The molecule has 1 aromatic rings. The third kappa shape index (κ3) is 4.28. The third-order valence-electron chi connectivity index (χ3n) is 3.93. The number of aromatic nitrogens is 2. The summed E-state index contributed by atoms with van der Waals surface area (Å²) >= 11 is 0. The van der Waals surface area contributed by atoms with Crippen LogP contribution in [-0.2, 0) is 11.3 Å². The standard InChI is InChI=1S/C15H26N4O2/c1-4-16-8-12(2)10-19-15(20)7-13(9-17-19)18-6-5-14(11-18)21-3/h7,9,12,14,16H,4-6,8,10-11H2,1-3H3. The van der Waals surface area contributed by atoms with Gasteiger partial charge >= 0.3 is 0 Å². The summed E-state index contributed by atoms with van der Waals surface area (Å²) in [5, 5.41) is 7.61. The molecule has 0 saturated carbocycles. The van der Waals surface area contributed by atoms with Gasteiger partial charge in [-0.1, -0.05) is 13.8 Å². The summed E-state index contributed by atoms with van der Waals surface area (Å²) in [4.78, 5) is 14.3. The van der Waals surface area contributed by atoms with E-state index in [4.69, 9.17) is 4.74 Å². The predicted octanol–water partition coefficient (Wildman–Crippen LogP) is 0.714. The van der Waals surface area contributed by atoms with Crippen molar-refractivity contribution < 1.29 is 4.74 Å². The Balaban J connectivity index is 1.99. The monoisotopic (exact) mass is 294 g/mol. The SMILES string of the molecule is CCNCC(C)Cn1ncc(N2CCC(OC)C2)cc1=O. The zero-order valence-electron chi connectivity index (χ0n) is 13.2. The third-order valence-corrected chi connectivity index (χ3v) is 3.93. The van der Waals surface area contributed by atoms with Gasteiger partial charge in [-0.15, -0.1) is 0 Å². The lowest BCUT2D eigenvalue weighted by atomic mass is 10.2. The highest BCUT2D eigenvalue weighted by atomic mass is 16.5. The Morgan fingerprint density at radius 2 is 2.38 bits per heavy atom. The maximum Gasteiger partial charge on any atom is 0.268 e. The molecule has 6 nitrogen and oxygen atoms in total. The number of nitrogens with zero attached hydrogens (tertiary/aromatic N) is 3. The van der Waals surface area contributed by atoms with Gasteiger partial charge in [0.15, 0.2) is 0 Å². The first-order valence-electron chi connectivity index (χ1n) is 7.69. The van der Waals surface area contributed by atoms with Crippen LogP contribution < -0.4 is 15.8 Å². The van der Waals surface area contributed by atoms with Crippen molar-refractivity contribution in [3.05, 3.63) is 22.6 Å². The van der Waals surface area contributed by atoms with Crippen molar-refractivity contribution in [1.29, 1.82) is 0 Å². The molecule has 1 aliphatic rings. The van der Waals surface area contributed by atoms with E-state index in [9.17, 15) is 4.79 Å². The van der Waals surface area contributed by atoms with Crippen LogP contribution in [0.3, 0.4) is 0 Å². The van der Waals surface area contributed by atoms with Crippen molar-refractivity contribution >= 4 is 5.69 Å². The molecule has 1 N–H and O–H groups in total. The van der Waals surface area contributed by atoms with Gasteiger partial charge in [-0.3, -0.25) is 4.79 Å². The van der Waals surface area contributed by atoms with Gasteiger partial charge in [0.25, 0.3) is 5.56 Å². The van der Waals surface area contributed by atoms with Crippen molar-refractivity contribution in [1.82, 2.24) is 15.1 Å². The minimum Gasteiger partial charge on any atom is -0.380 e. The average Bonchev–Trinajstić information content (AvgIpc) is 2.96. The number of anilines is 1. The van der Waals surface area contributed by atoms with Crippen molar-refractivity contribution in [2.45, 2.75) is 32.9 Å². The summed E-state index contributed by atoms with van der Waals surface area (Å²) in [6.45, 7) is 8.44. The maximum absolute atomic E-state index is 12.2. The van der Waals surface area contributed by atoms with Crippen LogP contribution in [0.4, 0.5) is 5.69 Å². The Kier molecular flexibility index (Phi) is 5.76. The molecule has 2 atom stereocenters. The molecule has 2 rings (SSSR count). The molecule has 0 bridgehead atoms. The maximum atomic E-state index is 12.2. The Labute approximate surface area is 126 Å². The predicted molar refractivity (Wildman–Crippen MR) is 83.8 cm³/mol. The summed E-state index contributed by atoms with van der Waals surface area (Å²) in [5.74, 6) is 0.380. The van der Waals surface area contributed by atoms with Crippen molar-refractivity contribution in [3.63, 3.8) is 0 Å². The van der Waals surface area contributed by atoms with Crippen molar-refractivity contribution in [3.8, 4) is 0 Å². The second-order valence-corrected chi connectivity index (χ2v) is 5.74. The first-order valence-corrected chi connectivity index (χ1v) is 7.69. The van der Waals surface area contributed by atoms with Crippen LogP contribution in [0.1, 0.15) is 20.3 Å². The van der Waals surface area contributed by atoms with Gasteiger partial charge in [0.05, 0.1) is 18.0 Å². The van der Waals surface area contributed by atoms with E-state index in [1.54, 1.807) is 24.1 Å². The lowest BCUT2D eigenvalue weighted by molar-refractivity contribution is 0.121. The number of ether oxygens (including phenoxy) is 1. The average molecular weight is 294 g/mol. The molecule has 2 unspecified atom stereocenters. The molecule has 6 heteroatoms. The van der Waals surface area contributed by atoms with E-state index in [2.05, 4.69) is 29.2 Å². The Morgan fingerprint density at radius 3 is 3.00 bits per heavy atom. The van der Waals surface area contributed by atoms with Gasteiger partial charge in [0.1, 0.15) is 0 Å². The lowest BCUT2D eigenvalue weighted by Gasteiger charge is -2.18. The Bertz CT molecular complexity index is 503. The number of hydrogen-bond donors (Lipinski definition) is 1. The van der Waals surface area contributed by atoms with E-state index in [1.165, 1.54) is 0 Å². The highest BCUT2D eigenvalue weighted by Gasteiger charge is 2.22. The molecule has 118 valence electrons. The van der Waals surface area contributed by atoms with Crippen LogP contribution >= 0.6 is 0 Å². The van der Waals surface area contributed by atoms with Gasteiger partial charge in [0, 0.05) is 32.8 Å². The van der Waals surface area contributed by atoms with Crippen LogP contribution in [0.25, 0.3) is 0 Å². The number of methoxy groups -OCH3 is 1. The highest BCUT2D eigenvalue weighted by Crippen LogP contribution is 2.19. The van der Waals surface area contributed by atoms with Crippen molar-refractivity contribution in [2.24, 2.45) is 5.92 Å². The quantitative estimate of drug-likeness (QED) is 0.803. The van der Waals surface area contributed by atoms with Crippen LogP contribution in [0.5, 0.6) is 0 Å². The molecule has 1 saturated heterocycles. The minimum atomic E-state index is -0.0308. The normalized spacial score (nSPS) is 20.0. The van der Waals surface area contributed by atoms with E-state index in [0.29, 0.717) is 12.5 Å². The van der Waals surface area contributed by atoms with Crippen molar-refractivity contribution in [2.75, 3.05) is 38.2 Å². The smallest absolute Gasteiger partial charge is 0.268 e. The summed E-state index contributed by atoms with van der Waals surface area (Å²) in [5.41, 5.74) is 0.867. The second-order valence-electron chi connectivity index (χ2n) is 5.74. The zero-order valence-corrected chi connectivity index (χ0v) is 13.2. The fraction of sp³-hybridized carbons (Fsp3) is 0.733. The molecule has 2 heterocycles. The van der Waals surface area contributed by atoms with Gasteiger partial charge in [-0.25, -0.2) is 4.68 Å². The summed E-state index contributed by atoms with van der Waals surface area (Å²) in [7, 11) is 1.73. The molecule has 0 aromatic carbocycles. The topological polar surface area (TPSA) is 59.4 Å². The van der Waals surface area contributed by atoms with Crippen LogP contribution in [0.2, 0.25) is 0 Å². The van der Waals surface area contributed by atoms with E-state index in [0.717, 1.165) is 38.3 Å². The molecule has 0 radical (unpaired) electrons. The van der Waals surface area contributed by atoms with Crippen LogP contribution in [-0.4, -0.2) is 49.2 Å². The molecule has 0 spiro atoms. The Hall–Kier alpha value is -1.40. The lowest BCUT2D eigenvalue weighted by Crippen LogP contribution is -2.31. The molecule has 0 amide bonds. The summed E-state index contributed by atoms with van der Waals surface area (Å²) < 4.78 is 6.91. The largest absolute Gasteiger partial charge is 0.380 e. The molecular formula is C15H26N4O2. The Morgan fingerprint density at radius 1 is 1.57 bits per heavy atom. The highest BCUT2D eigenvalue weighted by molar-refractivity contribution is 5.44. The first kappa shape index (κ1) is 16.0. The molecular weight excluding hydrogens is 268 g/mol. The van der Waals surface area contributed by atoms with Gasteiger partial charge < -0.3 is 15.0 Å². The number of hydrogen-bond acceptors (Lipinski definition) is 5. The van der Waals surface area contributed by atoms with Crippen LogP contribution in [0.15, 0.2) is 17.1 Å². The molecule has 1 fully saturated rings. The molecule has 1 aromatic heterocycles. The number of rotatable bonds is 7. The molecule has 0 aliphatic carbocycles. The second kappa shape index (κ2) is 7.56. The van der Waals surface area contributed by atoms with Crippen LogP contribution in [0, 0.1) is 5.92 Å². The van der Waals surface area contributed by atoms with E-state index in [1.807, 2.05) is 0 Å². The van der Waals surface area contributed by atoms with Gasteiger partial charge in [-0.2, -0.15) is 5.10 Å². The number of nitrogens with one attached hydrogen (secondary N) is 1. The van der Waals surface area contributed by atoms with E-state index >= 15 is 0 Å². The fourth-order valence-electron chi connectivity index (χ4n) is 2.64. The first-order chi connectivity index (χ1) is 10.1. The minimum absolute atomic E-state index is 0.0308. The van der Waals surface area contributed by atoms with Gasteiger partial charge in [0.2, 0.25) is 0 Å². The van der Waals surface area contributed by atoms with Gasteiger partial charge in [-0.05, 0) is 25.4 Å². The molecule has 1 aliphatic heterocycles. The van der Waals surface area contributed by atoms with E-state index < -0.39 is 0 Å². The summed E-state index contributed by atoms with van der Waals surface area (Å²) in [6.07, 6.45) is 3.05. The molecule has 21 heavy (non-hydrogen) atoms. The zero-order chi connectivity index (χ0) is 15.2. The van der Waals surface area contributed by atoms with E-state index in [-0.39, 0.29) is 11.7 Å².